The van der Waals surface area contributed by atoms with Gasteiger partial charge in [-0.05, 0) is 23.3 Å². The van der Waals surface area contributed by atoms with Gasteiger partial charge in [0.05, 0.1) is 11.1 Å². The van der Waals surface area contributed by atoms with Gasteiger partial charge >= 0.3 is 0 Å². The standard InChI is InChI=1S/C14H8N2/c15-9-13-7-12(8-14(13)10-16)11-5-3-1-2-4-6-11/h1-8H. The fourth-order valence-electron chi connectivity index (χ4n) is 1.55. The van der Waals surface area contributed by atoms with Crippen LogP contribution in [0.25, 0.3) is 0 Å². The first-order valence-corrected chi connectivity index (χ1v) is 4.85. The lowest BCUT2D eigenvalue weighted by molar-refractivity contribution is 1.45. The molecule has 0 radical (unpaired) electrons. The molecule has 0 N–H and O–H groups in total. The van der Waals surface area contributed by atoms with E-state index in [0.29, 0.717) is 11.1 Å². The molecule has 2 heteroatoms. The zero-order valence-electron chi connectivity index (χ0n) is 8.51. The maximum atomic E-state index is 8.86. The highest BCUT2D eigenvalue weighted by Gasteiger charge is 2.13. The van der Waals surface area contributed by atoms with E-state index in [9.17, 15) is 0 Å². The van der Waals surface area contributed by atoms with Crippen molar-refractivity contribution in [3.05, 3.63) is 70.9 Å². The predicted molar refractivity (Wildman–Crippen MR) is 61.8 cm³/mol. The fraction of sp³-hybridized carbons (Fsp3) is 0. The van der Waals surface area contributed by atoms with E-state index < -0.39 is 0 Å². The predicted octanol–water partition coefficient (Wildman–Crippen LogP) is 2.88. The summed E-state index contributed by atoms with van der Waals surface area (Å²) in [4.78, 5) is 0. The van der Waals surface area contributed by atoms with Gasteiger partial charge in [-0.25, -0.2) is 0 Å². The molecule has 0 spiro atoms. The van der Waals surface area contributed by atoms with Crippen molar-refractivity contribution in [2.75, 3.05) is 0 Å². The van der Waals surface area contributed by atoms with E-state index in [0.717, 1.165) is 11.1 Å². The summed E-state index contributed by atoms with van der Waals surface area (Å²) in [5, 5.41) is 17.7. The number of nitriles is 2. The lowest BCUT2D eigenvalue weighted by Crippen LogP contribution is -1.77. The molecule has 0 aromatic carbocycles. The Labute approximate surface area is 94.1 Å². The monoisotopic (exact) mass is 204 g/mol. The molecule has 0 atom stereocenters. The molecule has 0 saturated carbocycles. The molecule has 2 rings (SSSR count). The molecule has 0 bridgehead atoms. The summed E-state index contributed by atoms with van der Waals surface area (Å²) >= 11 is 0. The third-order valence-corrected chi connectivity index (χ3v) is 2.35. The van der Waals surface area contributed by atoms with E-state index in [1.54, 1.807) is 12.2 Å². The van der Waals surface area contributed by atoms with Gasteiger partial charge in [0, 0.05) is 0 Å². The number of allylic oxidation sites excluding steroid dienone is 12. The minimum Gasteiger partial charge on any atom is -0.192 e. The number of hydrogen-bond donors (Lipinski definition) is 0. The third-order valence-electron chi connectivity index (χ3n) is 2.35. The SMILES string of the molecule is N#CC1=CC(=C2C=CC=CC=C2)C=C1C#N. The Balaban J connectivity index is 2.50. The summed E-state index contributed by atoms with van der Waals surface area (Å²) < 4.78 is 0. The van der Waals surface area contributed by atoms with E-state index in [-0.39, 0.29) is 0 Å². The molecule has 0 unspecified atom stereocenters. The topological polar surface area (TPSA) is 47.6 Å². The number of nitrogens with zero attached hydrogens (tertiary/aromatic N) is 2. The first kappa shape index (κ1) is 9.96. The zero-order valence-corrected chi connectivity index (χ0v) is 8.51. The van der Waals surface area contributed by atoms with Crippen molar-refractivity contribution in [2.24, 2.45) is 0 Å². The van der Waals surface area contributed by atoms with Crippen molar-refractivity contribution in [1.82, 2.24) is 0 Å². The van der Waals surface area contributed by atoms with Crippen LogP contribution < -0.4 is 0 Å². The Kier molecular flexibility index (Phi) is 2.67. The molecule has 0 saturated heterocycles. The quantitative estimate of drug-likeness (QED) is 0.609. The molecule has 0 amide bonds. The van der Waals surface area contributed by atoms with Crippen molar-refractivity contribution in [3.8, 4) is 12.1 Å². The van der Waals surface area contributed by atoms with Crippen LogP contribution in [0, 0.1) is 22.7 Å². The van der Waals surface area contributed by atoms with Crippen LogP contribution in [0.15, 0.2) is 70.9 Å². The zero-order chi connectivity index (χ0) is 11.4. The maximum Gasteiger partial charge on any atom is 0.101 e. The summed E-state index contributed by atoms with van der Waals surface area (Å²) in [6, 6.07) is 4.04. The second kappa shape index (κ2) is 4.29. The molecule has 2 aliphatic carbocycles. The molecular weight excluding hydrogens is 196 g/mol. The summed E-state index contributed by atoms with van der Waals surface area (Å²) in [5.41, 5.74) is 2.78. The van der Waals surface area contributed by atoms with Gasteiger partial charge < -0.3 is 0 Å². The highest BCUT2D eigenvalue weighted by atomic mass is 14.3. The summed E-state index contributed by atoms with van der Waals surface area (Å²) in [7, 11) is 0. The molecule has 0 aliphatic heterocycles. The van der Waals surface area contributed by atoms with E-state index in [1.807, 2.05) is 48.6 Å². The maximum absolute atomic E-state index is 8.86. The van der Waals surface area contributed by atoms with Crippen LogP contribution in [0.4, 0.5) is 0 Å². The van der Waals surface area contributed by atoms with Gasteiger partial charge in [0.2, 0.25) is 0 Å². The van der Waals surface area contributed by atoms with E-state index in [2.05, 4.69) is 0 Å². The van der Waals surface area contributed by atoms with Gasteiger partial charge in [-0.15, -0.1) is 0 Å². The van der Waals surface area contributed by atoms with Crippen LogP contribution in [0.2, 0.25) is 0 Å². The van der Waals surface area contributed by atoms with Gasteiger partial charge in [0.25, 0.3) is 0 Å². The van der Waals surface area contributed by atoms with E-state index in [1.165, 1.54) is 0 Å². The smallest absolute Gasteiger partial charge is 0.101 e. The Hall–Kier alpha value is -2.58. The molecular formula is C14H8N2. The van der Waals surface area contributed by atoms with Gasteiger partial charge in [0.15, 0.2) is 0 Å². The van der Waals surface area contributed by atoms with E-state index in [4.69, 9.17) is 10.5 Å². The van der Waals surface area contributed by atoms with Crippen LogP contribution >= 0.6 is 0 Å². The van der Waals surface area contributed by atoms with Gasteiger partial charge in [0.1, 0.15) is 12.1 Å². The Morgan fingerprint density at radius 2 is 1.19 bits per heavy atom. The van der Waals surface area contributed by atoms with Crippen molar-refractivity contribution >= 4 is 0 Å². The number of rotatable bonds is 0. The van der Waals surface area contributed by atoms with Gasteiger partial charge in [-0.3, -0.25) is 0 Å². The van der Waals surface area contributed by atoms with Crippen molar-refractivity contribution in [1.29, 1.82) is 10.5 Å². The highest BCUT2D eigenvalue weighted by Crippen LogP contribution is 2.26. The number of hydrogen-bond acceptors (Lipinski definition) is 2. The minimum absolute atomic E-state index is 0.434. The molecule has 0 fully saturated rings. The van der Waals surface area contributed by atoms with Crippen LogP contribution in [0.1, 0.15) is 0 Å². The largest absolute Gasteiger partial charge is 0.192 e. The molecule has 16 heavy (non-hydrogen) atoms. The summed E-state index contributed by atoms with van der Waals surface area (Å²) in [6.45, 7) is 0. The van der Waals surface area contributed by atoms with Gasteiger partial charge in [-0.1, -0.05) is 36.5 Å². The molecule has 2 aliphatic rings. The second-order valence-electron chi connectivity index (χ2n) is 3.35. The normalized spacial score (nSPS) is 17.6. The van der Waals surface area contributed by atoms with Crippen LogP contribution in [-0.2, 0) is 0 Å². The lowest BCUT2D eigenvalue weighted by Gasteiger charge is -1.95. The van der Waals surface area contributed by atoms with Gasteiger partial charge in [-0.2, -0.15) is 10.5 Å². The minimum atomic E-state index is 0.434. The Morgan fingerprint density at radius 1 is 0.688 bits per heavy atom. The second-order valence-corrected chi connectivity index (χ2v) is 3.35. The molecule has 0 aromatic heterocycles. The first-order valence-electron chi connectivity index (χ1n) is 4.85. The average Bonchev–Trinajstić information content (AvgIpc) is 2.54. The van der Waals surface area contributed by atoms with Crippen molar-refractivity contribution in [2.45, 2.75) is 0 Å². The van der Waals surface area contributed by atoms with Crippen molar-refractivity contribution in [3.63, 3.8) is 0 Å². The fourth-order valence-corrected chi connectivity index (χ4v) is 1.55. The average molecular weight is 204 g/mol. The van der Waals surface area contributed by atoms with E-state index >= 15 is 0 Å². The third kappa shape index (κ3) is 1.78. The molecule has 0 aromatic rings. The first-order chi connectivity index (χ1) is 7.85. The lowest BCUT2D eigenvalue weighted by atomic mass is 10.1. The Morgan fingerprint density at radius 3 is 1.62 bits per heavy atom. The molecule has 0 heterocycles. The molecule has 74 valence electrons. The summed E-state index contributed by atoms with van der Waals surface area (Å²) in [6.07, 6.45) is 15.1. The van der Waals surface area contributed by atoms with Crippen LogP contribution in [0.5, 0.6) is 0 Å². The Bertz CT molecular complexity index is 529. The summed E-state index contributed by atoms with van der Waals surface area (Å²) in [5.74, 6) is 0. The van der Waals surface area contributed by atoms with Crippen LogP contribution in [-0.4, -0.2) is 0 Å². The molecule has 2 nitrogen and oxygen atoms in total. The highest BCUT2D eigenvalue weighted by molar-refractivity contribution is 5.66. The van der Waals surface area contributed by atoms with Crippen molar-refractivity contribution < 1.29 is 0 Å². The van der Waals surface area contributed by atoms with Crippen LogP contribution in [0.3, 0.4) is 0 Å².